The smallest absolute Gasteiger partial charge is 0.339 e. The number of ketones is 1. The molecule has 6 nitrogen and oxygen atoms in total. The molecule has 24 heavy (non-hydrogen) atoms. The molecule has 0 unspecified atom stereocenters. The number of hydrogen-bond donors (Lipinski definition) is 1. The van der Waals surface area contributed by atoms with E-state index in [0.29, 0.717) is 33.8 Å². The van der Waals surface area contributed by atoms with E-state index in [9.17, 15) is 9.59 Å². The van der Waals surface area contributed by atoms with Crippen LogP contribution in [0.2, 0.25) is 0 Å². The molecule has 0 aliphatic heterocycles. The van der Waals surface area contributed by atoms with Gasteiger partial charge < -0.3 is 10.1 Å². The van der Waals surface area contributed by atoms with Crippen LogP contribution in [0, 0.1) is 0 Å². The molecule has 1 aromatic carbocycles. The Morgan fingerprint density at radius 1 is 1.21 bits per heavy atom. The van der Waals surface area contributed by atoms with E-state index in [-0.39, 0.29) is 5.78 Å². The van der Waals surface area contributed by atoms with Crippen molar-refractivity contribution < 1.29 is 14.3 Å². The molecule has 0 saturated heterocycles. The van der Waals surface area contributed by atoms with Crippen molar-refractivity contribution >= 4 is 44.8 Å². The molecular weight excluding hydrogens is 326 g/mol. The van der Waals surface area contributed by atoms with Gasteiger partial charge in [0.15, 0.2) is 5.78 Å². The quantitative estimate of drug-likeness (QED) is 0.561. The van der Waals surface area contributed by atoms with Gasteiger partial charge in [0.1, 0.15) is 17.0 Å². The molecule has 3 rings (SSSR count). The van der Waals surface area contributed by atoms with Crippen molar-refractivity contribution in [3.8, 4) is 0 Å². The summed E-state index contributed by atoms with van der Waals surface area (Å²) in [6.07, 6.45) is 1.44. The van der Waals surface area contributed by atoms with Gasteiger partial charge in [0.2, 0.25) is 0 Å². The third kappa shape index (κ3) is 3.11. The van der Waals surface area contributed by atoms with Crippen molar-refractivity contribution in [2.75, 3.05) is 11.9 Å². The molecule has 0 aliphatic rings. The lowest BCUT2D eigenvalue weighted by Crippen LogP contribution is -2.05. The minimum absolute atomic E-state index is 0.00779. The van der Waals surface area contributed by atoms with Crippen LogP contribution in [0.1, 0.15) is 34.6 Å². The molecule has 0 fully saturated rings. The number of carbonyl (C=O) groups is 2. The first kappa shape index (κ1) is 16.1. The normalized spacial score (nSPS) is 10.6. The topological polar surface area (TPSA) is 81.2 Å². The maximum Gasteiger partial charge on any atom is 0.339 e. The molecule has 122 valence electrons. The van der Waals surface area contributed by atoms with Crippen LogP contribution in [-0.2, 0) is 4.74 Å². The Balaban J connectivity index is 1.98. The predicted octanol–water partition coefficient (Wildman–Crippen LogP) is 3.81. The van der Waals surface area contributed by atoms with Crippen molar-refractivity contribution in [1.29, 1.82) is 0 Å². The van der Waals surface area contributed by atoms with Gasteiger partial charge in [0.25, 0.3) is 0 Å². The highest BCUT2D eigenvalue weighted by Crippen LogP contribution is 2.31. The molecule has 3 aromatic rings. The van der Waals surface area contributed by atoms with Crippen molar-refractivity contribution in [3.63, 3.8) is 0 Å². The summed E-state index contributed by atoms with van der Waals surface area (Å²) in [5.74, 6) is 0.141. The highest BCUT2D eigenvalue weighted by molar-refractivity contribution is 7.17. The Kier molecular flexibility index (Phi) is 4.52. The summed E-state index contributed by atoms with van der Waals surface area (Å²) in [7, 11) is 0. The van der Waals surface area contributed by atoms with Gasteiger partial charge in [-0.25, -0.2) is 14.8 Å². The number of hydrogen-bond acceptors (Lipinski definition) is 7. The second kappa shape index (κ2) is 6.76. The number of nitrogens with zero attached hydrogens (tertiary/aromatic N) is 2. The number of carbonyl (C=O) groups excluding carboxylic acids is 2. The number of aromatic nitrogens is 2. The van der Waals surface area contributed by atoms with Gasteiger partial charge in [-0.1, -0.05) is 0 Å². The largest absolute Gasteiger partial charge is 0.462 e. The zero-order valence-electron chi connectivity index (χ0n) is 13.2. The summed E-state index contributed by atoms with van der Waals surface area (Å²) < 4.78 is 5.09. The Morgan fingerprint density at radius 2 is 1.96 bits per heavy atom. The molecule has 2 heterocycles. The molecule has 1 N–H and O–H groups in total. The first-order chi connectivity index (χ1) is 11.6. The SMILES string of the molecule is CCOC(=O)c1csc2ncnc(Nc3ccc(C(C)=O)cc3)c12. The van der Waals surface area contributed by atoms with Gasteiger partial charge in [0.05, 0.1) is 17.6 Å². The van der Waals surface area contributed by atoms with Crippen LogP contribution in [0.15, 0.2) is 36.0 Å². The van der Waals surface area contributed by atoms with E-state index in [2.05, 4.69) is 15.3 Å². The molecule has 0 saturated carbocycles. The fourth-order valence-corrected chi connectivity index (χ4v) is 3.13. The number of fused-ring (bicyclic) bond motifs is 1. The Morgan fingerprint density at radius 3 is 2.62 bits per heavy atom. The summed E-state index contributed by atoms with van der Waals surface area (Å²) >= 11 is 1.36. The highest BCUT2D eigenvalue weighted by atomic mass is 32.1. The lowest BCUT2D eigenvalue weighted by Gasteiger charge is -2.08. The lowest BCUT2D eigenvalue weighted by molar-refractivity contribution is 0.0529. The fraction of sp³-hybridized carbons (Fsp3) is 0.176. The minimum atomic E-state index is -0.395. The zero-order chi connectivity index (χ0) is 17.1. The van der Waals surface area contributed by atoms with Crippen LogP contribution in [0.5, 0.6) is 0 Å². The molecule has 0 aliphatic carbocycles. The first-order valence-corrected chi connectivity index (χ1v) is 8.25. The van der Waals surface area contributed by atoms with Crippen molar-refractivity contribution in [2.24, 2.45) is 0 Å². The van der Waals surface area contributed by atoms with E-state index in [4.69, 9.17) is 4.74 Å². The van der Waals surface area contributed by atoms with E-state index >= 15 is 0 Å². The zero-order valence-corrected chi connectivity index (χ0v) is 14.0. The second-order valence-electron chi connectivity index (χ2n) is 5.03. The van der Waals surface area contributed by atoms with Crippen LogP contribution < -0.4 is 5.32 Å². The average molecular weight is 341 g/mol. The highest BCUT2D eigenvalue weighted by Gasteiger charge is 2.18. The molecule has 0 amide bonds. The molecular formula is C17H15N3O3S. The summed E-state index contributed by atoms with van der Waals surface area (Å²) in [4.78, 5) is 32.6. The number of anilines is 2. The maximum absolute atomic E-state index is 12.1. The monoisotopic (exact) mass is 341 g/mol. The Labute approximate surface area is 142 Å². The molecule has 7 heteroatoms. The van der Waals surface area contributed by atoms with Crippen molar-refractivity contribution in [1.82, 2.24) is 9.97 Å². The number of benzene rings is 1. The lowest BCUT2D eigenvalue weighted by atomic mass is 10.1. The first-order valence-electron chi connectivity index (χ1n) is 7.37. The third-order valence-corrected chi connectivity index (χ3v) is 4.31. The van der Waals surface area contributed by atoms with Crippen molar-refractivity contribution in [2.45, 2.75) is 13.8 Å². The number of esters is 1. The summed E-state index contributed by atoms with van der Waals surface area (Å²) in [5, 5.41) is 5.53. The third-order valence-electron chi connectivity index (χ3n) is 3.42. The fourth-order valence-electron chi connectivity index (χ4n) is 2.25. The van der Waals surface area contributed by atoms with Crippen molar-refractivity contribution in [3.05, 3.63) is 47.1 Å². The molecule has 0 bridgehead atoms. The van der Waals surface area contributed by atoms with Gasteiger partial charge in [-0.3, -0.25) is 4.79 Å². The summed E-state index contributed by atoms with van der Waals surface area (Å²) in [6.45, 7) is 3.59. The van der Waals surface area contributed by atoms with E-state index in [0.717, 1.165) is 5.69 Å². The molecule has 0 spiro atoms. The number of rotatable bonds is 5. The standard InChI is InChI=1S/C17H15N3O3S/c1-3-23-17(22)13-8-24-16-14(13)15(18-9-19-16)20-12-6-4-11(5-7-12)10(2)21/h4-9H,3H2,1-2H3,(H,18,19,20). The molecule has 0 atom stereocenters. The second-order valence-corrected chi connectivity index (χ2v) is 5.89. The minimum Gasteiger partial charge on any atom is -0.462 e. The van der Waals surface area contributed by atoms with E-state index in [1.54, 1.807) is 36.6 Å². The number of nitrogens with one attached hydrogen (secondary N) is 1. The average Bonchev–Trinajstić information content (AvgIpc) is 3.01. The van der Waals surface area contributed by atoms with Crippen LogP contribution in [0.25, 0.3) is 10.2 Å². The Hall–Kier alpha value is -2.80. The van der Waals surface area contributed by atoms with Crippen LogP contribution >= 0.6 is 11.3 Å². The van der Waals surface area contributed by atoms with Gasteiger partial charge in [-0.05, 0) is 38.1 Å². The van der Waals surface area contributed by atoms with E-state index in [1.165, 1.54) is 24.6 Å². The van der Waals surface area contributed by atoms with Crippen LogP contribution in [0.4, 0.5) is 11.5 Å². The van der Waals surface area contributed by atoms with Gasteiger partial charge in [-0.15, -0.1) is 11.3 Å². The van der Waals surface area contributed by atoms with Gasteiger partial charge in [0, 0.05) is 16.6 Å². The van der Waals surface area contributed by atoms with Gasteiger partial charge in [-0.2, -0.15) is 0 Å². The number of ether oxygens (including phenoxy) is 1. The van der Waals surface area contributed by atoms with Crippen LogP contribution in [0.3, 0.4) is 0 Å². The van der Waals surface area contributed by atoms with E-state index in [1.807, 2.05) is 0 Å². The summed E-state index contributed by atoms with van der Waals surface area (Å²) in [6, 6.07) is 7.06. The Bertz CT molecular complexity index is 903. The molecule has 2 aromatic heterocycles. The number of thiophene rings is 1. The summed E-state index contributed by atoms with van der Waals surface area (Å²) in [5.41, 5.74) is 1.84. The number of Topliss-reactive ketones (excluding diaryl/α,β-unsaturated/α-hetero) is 1. The predicted molar refractivity (Wildman–Crippen MR) is 93.1 cm³/mol. The maximum atomic E-state index is 12.1. The van der Waals surface area contributed by atoms with E-state index < -0.39 is 5.97 Å². The van der Waals surface area contributed by atoms with Gasteiger partial charge >= 0.3 is 5.97 Å². The van der Waals surface area contributed by atoms with Crippen LogP contribution in [-0.4, -0.2) is 28.3 Å². The molecule has 0 radical (unpaired) electrons.